The molecular weight excluding hydrogens is 188 g/mol. The Morgan fingerprint density at radius 2 is 2.27 bits per heavy atom. The molecular formula is C12H22N2O. The van der Waals surface area contributed by atoms with Gasteiger partial charge in [-0.15, -0.1) is 0 Å². The predicted molar refractivity (Wildman–Crippen MR) is 60.5 cm³/mol. The maximum atomic E-state index is 11.7. The van der Waals surface area contributed by atoms with Crippen LogP contribution in [0.25, 0.3) is 0 Å². The van der Waals surface area contributed by atoms with Gasteiger partial charge in [0.05, 0.1) is 0 Å². The first kappa shape index (κ1) is 10.9. The number of carbonyl (C=O) groups excluding carboxylic acids is 1. The highest BCUT2D eigenvalue weighted by atomic mass is 16.2. The highest BCUT2D eigenvalue weighted by molar-refractivity contribution is 5.84. The maximum Gasteiger partial charge on any atom is 0.225 e. The molecule has 86 valence electrons. The van der Waals surface area contributed by atoms with Gasteiger partial charge in [0.2, 0.25) is 5.91 Å². The quantitative estimate of drug-likeness (QED) is 0.733. The second-order valence-corrected chi connectivity index (χ2v) is 5.50. The van der Waals surface area contributed by atoms with Crippen LogP contribution in [-0.4, -0.2) is 25.5 Å². The van der Waals surface area contributed by atoms with Crippen LogP contribution in [0.4, 0.5) is 0 Å². The molecule has 1 amide bonds. The Morgan fingerprint density at radius 1 is 1.53 bits per heavy atom. The van der Waals surface area contributed by atoms with Gasteiger partial charge in [0, 0.05) is 12.0 Å². The first-order valence-electron chi connectivity index (χ1n) is 6.11. The fraction of sp³-hybridized carbons (Fsp3) is 0.917. The Labute approximate surface area is 92.0 Å². The minimum Gasteiger partial charge on any atom is -0.355 e. The van der Waals surface area contributed by atoms with Gasteiger partial charge < -0.3 is 10.6 Å². The Balaban J connectivity index is 1.74. The van der Waals surface area contributed by atoms with Crippen molar-refractivity contribution in [3.8, 4) is 0 Å². The van der Waals surface area contributed by atoms with E-state index in [4.69, 9.17) is 0 Å². The molecule has 3 nitrogen and oxygen atoms in total. The minimum absolute atomic E-state index is 0.0177. The van der Waals surface area contributed by atoms with E-state index in [9.17, 15) is 4.79 Å². The second-order valence-electron chi connectivity index (χ2n) is 5.50. The molecule has 0 radical (unpaired) electrons. The van der Waals surface area contributed by atoms with E-state index in [1.165, 1.54) is 6.42 Å². The summed E-state index contributed by atoms with van der Waals surface area (Å²) < 4.78 is 0. The molecule has 2 atom stereocenters. The molecule has 1 aliphatic heterocycles. The van der Waals surface area contributed by atoms with Gasteiger partial charge in [-0.05, 0) is 44.2 Å². The lowest BCUT2D eigenvalue weighted by molar-refractivity contribution is -0.126. The summed E-state index contributed by atoms with van der Waals surface area (Å²) in [6.45, 7) is 7.40. The van der Waals surface area contributed by atoms with Gasteiger partial charge in [-0.25, -0.2) is 0 Å². The van der Waals surface area contributed by atoms with E-state index in [-0.39, 0.29) is 11.3 Å². The van der Waals surface area contributed by atoms with Crippen molar-refractivity contribution in [3.63, 3.8) is 0 Å². The highest BCUT2D eigenvalue weighted by Gasteiger charge is 2.44. The third-order valence-electron chi connectivity index (χ3n) is 4.04. The molecule has 0 aromatic rings. The molecule has 0 aromatic heterocycles. The van der Waals surface area contributed by atoms with E-state index in [1.807, 2.05) is 0 Å². The zero-order valence-corrected chi connectivity index (χ0v) is 9.81. The first-order chi connectivity index (χ1) is 7.12. The van der Waals surface area contributed by atoms with E-state index in [0.717, 1.165) is 32.5 Å². The summed E-state index contributed by atoms with van der Waals surface area (Å²) in [5.41, 5.74) is -0.0177. The van der Waals surface area contributed by atoms with Gasteiger partial charge in [-0.2, -0.15) is 0 Å². The predicted octanol–water partition coefficient (Wildman–Crippen LogP) is 1.15. The van der Waals surface area contributed by atoms with Crippen LogP contribution in [0.1, 0.15) is 33.1 Å². The van der Waals surface area contributed by atoms with Crippen LogP contribution in [0, 0.1) is 17.3 Å². The van der Waals surface area contributed by atoms with Crippen molar-refractivity contribution in [1.29, 1.82) is 0 Å². The average molecular weight is 210 g/mol. The number of hydrogen-bond acceptors (Lipinski definition) is 2. The number of nitrogens with one attached hydrogen (secondary N) is 2. The first-order valence-corrected chi connectivity index (χ1v) is 6.11. The number of hydrogen-bond donors (Lipinski definition) is 2. The van der Waals surface area contributed by atoms with Crippen LogP contribution in [0.2, 0.25) is 0 Å². The largest absolute Gasteiger partial charge is 0.355 e. The SMILES string of the molecule is CC1CNCCC1CNC(=O)C1(C)CC1. The fourth-order valence-electron chi connectivity index (χ4n) is 2.22. The summed E-state index contributed by atoms with van der Waals surface area (Å²) in [7, 11) is 0. The van der Waals surface area contributed by atoms with Crippen LogP contribution in [0.15, 0.2) is 0 Å². The van der Waals surface area contributed by atoms with E-state index in [0.29, 0.717) is 11.8 Å². The molecule has 2 aliphatic rings. The van der Waals surface area contributed by atoms with Crippen molar-refractivity contribution < 1.29 is 4.79 Å². The third-order valence-corrected chi connectivity index (χ3v) is 4.04. The summed E-state index contributed by atoms with van der Waals surface area (Å²) >= 11 is 0. The van der Waals surface area contributed by atoms with E-state index < -0.39 is 0 Å². The Bertz CT molecular complexity index is 248. The summed E-state index contributed by atoms with van der Waals surface area (Å²) in [5.74, 6) is 1.62. The monoisotopic (exact) mass is 210 g/mol. The maximum absolute atomic E-state index is 11.7. The topological polar surface area (TPSA) is 41.1 Å². The summed E-state index contributed by atoms with van der Waals surface area (Å²) in [6.07, 6.45) is 3.33. The smallest absolute Gasteiger partial charge is 0.225 e. The van der Waals surface area contributed by atoms with Gasteiger partial charge >= 0.3 is 0 Å². The van der Waals surface area contributed by atoms with Crippen molar-refractivity contribution in [2.75, 3.05) is 19.6 Å². The number of carbonyl (C=O) groups is 1. The molecule has 1 saturated heterocycles. The van der Waals surface area contributed by atoms with Crippen LogP contribution < -0.4 is 10.6 Å². The van der Waals surface area contributed by atoms with E-state index in [2.05, 4.69) is 24.5 Å². The molecule has 0 aromatic carbocycles. The summed E-state index contributed by atoms with van der Waals surface area (Å²) in [5, 5.41) is 6.50. The molecule has 2 fully saturated rings. The number of piperidine rings is 1. The van der Waals surface area contributed by atoms with Gasteiger partial charge in [-0.3, -0.25) is 4.79 Å². The van der Waals surface area contributed by atoms with E-state index >= 15 is 0 Å². The molecule has 3 heteroatoms. The number of amides is 1. The molecule has 2 unspecified atom stereocenters. The van der Waals surface area contributed by atoms with Crippen molar-refractivity contribution in [2.45, 2.75) is 33.1 Å². The van der Waals surface area contributed by atoms with Gasteiger partial charge in [0.25, 0.3) is 0 Å². The summed E-state index contributed by atoms with van der Waals surface area (Å²) in [6, 6.07) is 0. The average Bonchev–Trinajstić information content (AvgIpc) is 2.96. The molecule has 0 spiro atoms. The molecule has 15 heavy (non-hydrogen) atoms. The zero-order chi connectivity index (χ0) is 10.9. The lowest BCUT2D eigenvalue weighted by Gasteiger charge is -2.29. The van der Waals surface area contributed by atoms with Crippen molar-refractivity contribution in [2.24, 2.45) is 17.3 Å². The normalized spacial score (nSPS) is 33.5. The fourth-order valence-corrected chi connectivity index (χ4v) is 2.22. The van der Waals surface area contributed by atoms with Crippen molar-refractivity contribution >= 4 is 5.91 Å². The summed E-state index contributed by atoms with van der Waals surface area (Å²) in [4.78, 5) is 11.7. The van der Waals surface area contributed by atoms with Crippen LogP contribution in [-0.2, 0) is 4.79 Å². The molecule has 2 rings (SSSR count). The van der Waals surface area contributed by atoms with Crippen LogP contribution in [0.3, 0.4) is 0 Å². The third kappa shape index (κ3) is 2.51. The molecule has 1 heterocycles. The van der Waals surface area contributed by atoms with E-state index in [1.54, 1.807) is 0 Å². The van der Waals surface area contributed by atoms with Crippen LogP contribution >= 0.6 is 0 Å². The zero-order valence-electron chi connectivity index (χ0n) is 9.81. The van der Waals surface area contributed by atoms with Gasteiger partial charge in [0.1, 0.15) is 0 Å². The molecule has 0 bridgehead atoms. The Hall–Kier alpha value is -0.570. The number of rotatable bonds is 3. The van der Waals surface area contributed by atoms with Crippen molar-refractivity contribution in [1.82, 2.24) is 10.6 Å². The minimum atomic E-state index is -0.0177. The van der Waals surface area contributed by atoms with Crippen molar-refractivity contribution in [3.05, 3.63) is 0 Å². The lowest BCUT2D eigenvalue weighted by atomic mass is 9.88. The molecule has 2 N–H and O–H groups in total. The Kier molecular flexibility index (Phi) is 3.01. The molecule has 1 saturated carbocycles. The Morgan fingerprint density at radius 3 is 2.87 bits per heavy atom. The highest BCUT2D eigenvalue weighted by Crippen LogP contribution is 2.45. The van der Waals surface area contributed by atoms with Gasteiger partial charge in [0.15, 0.2) is 0 Å². The standard InChI is InChI=1S/C12H22N2O/c1-9-7-13-6-3-10(9)8-14-11(15)12(2)4-5-12/h9-10,13H,3-8H2,1-2H3,(H,14,15). The lowest BCUT2D eigenvalue weighted by Crippen LogP contribution is -2.42. The molecule has 1 aliphatic carbocycles. The van der Waals surface area contributed by atoms with Gasteiger partial charge in [-0.1, -0.05) is 13.8 Å². The second kappa shape index (κ2) is 4.12. The van der Waals surface area contributed by atoms with Crippen LogP contribution in [0.5, 0.6) is 0 Å².